The van der Waals surface area contributed by atoms with E-state index in [-0.39, 0.29) is 0 Å². The Kier molecular flexibility index (Phi) is 7.39. The molecule has 0 amide bonds. The summed E-state index contributed by atoms with van der Waals surface area (Å²) in [5, 5.41) is 14.8. The van der Waals surface area contributed by atoms with E-state index in [1.165, 1.54) is 11.3 Å². The molecule has 0 saturated carbocycles. The van der Waals surface area contributed by atoms with Crippen LogP contribution in [-0.2, 0) is 4.74 Å². The maximum Gasteiger partial charge on any atom is 0.244 e. The fourth-order valence-electron chi connectivity index (χ4n) is 3.30. The highest BCUT2D eigenvalue weighted by Crippen LogP contribution is 2.24. The van der Waals surface area contributed by atoms with Crippen molar-refractivity contribution in [3.8, 4) is 0 Å². The van der Waals surface area contributed by atoms with E-state index in [4.69, 9.17) is 4.74 Å². The molecule has 0 bridgehead atoms. The van der Waals surface area contributed by atoms with Crippen LogP contribution < -0.4 is 15.5 Å². The Labute approximate surface area is 167 Å². The molecule has 8 nitrogen and oxygen atoms in total. The van der Waals surface area contributed by atoms with Crippen molar-refractivity contribution in [2.75, 3.05) is 68.0 Å². The van der Waals surface area contributed by atoms with E-state index in [0.29, 0.717) is 11.8 Å². The minimum absolute atomic E-state index is 0.538. The second-order valence-corrected chi connectivity index (χ2v) is 6.84. The van der Waals surface area contributed by atoms with Gasteiger partial charge in [-0.1, -0.05) is 0 Å². The molecule has 1 aliphatic heterocycles. The first kappa shape index (κ1) is 20.3. The average Bonchev–Trinajstić information content (AvgIpc) is 2.72. The average molecular weight is 386 g/mol. The van der Waals surface area contributed by atoms with Crippen LogP contribution in [0, 0.1) is 6.92 Å². The van der Waals surface area contributed by atoms with Gasteiger partial charge >= 0.3 is 0 Å². The largest absolute Gasteiger partial charge is 0.379 e. The predicted molar refractivity (Wildman–Crippen MR) is 114 cm³/mol. The highest BCUT2D eigenvalue weighted by molar-refractivity contribution is 5.65. The van der Waals surface area contributed by atoms with Gasteiger partial charge in [-0.3, -0.25) is 4.90 Å². The van der Waals surface area contributed by atoms with Gasteiger partial charge in [-0.15, -0.1) is 5.10 Å². The summed E-state index contributed by atoms with van der Waals surface area (Å²) in [5.41, 5.74) is 3.43. The smallest absolute Gasteiger partial charge is 0.244 e. The Balaban J connectivity index is 1.58. The monoisotopic (exact) mass is 385 g/mol. The van der Waals surface area contributed by atoms with Crippen LogP contribution in [0.5, 0.6) is 0 Å². The molecule has 2 N–H and O–H groups in total. The summed E-state index contributed by atoms with van der Waals surface area (Å²) in [6.45, 7) is 13.7. The zero-order chi connectivity index (χ0) is 19.8. The number of aromatic nitrogens is 3. The molecular formula is C20H31N7O. The van der Waals surface area contributed by atoms with Crippen LogP contribution in [0.4, 0.5) is 23.1 Å². The Bertz CT molecular complexity index is 745. The summed E-state index contributed by atoms with van der Waals surface area (Å²) >= 11 is 0. The standard InChI is InChI=1S/C20H31N7O/c1-4-27(5-2)17-6-7-18(16(3)14-17)23-19-15-22-25-20(24-19)21-8-9-26-10-12-28-13-11-26/h6-7,14-15H,4-5,8-13H2,1-3H3,(H2,21,23,24,25). The van der Waals surface area contributed by atoms with Gasteiger partial charge in [0.15, 0.2) is 5.82 Å². The first-order chi connectivity index (χ1) is 13.7. The van der Waals surface area contributed by atoms with Crippen molar-refractivity contribution in [3.05, 3.63) is 30.0 Å². The topological polar surface area (TPSA) is 78.4 Å². The third-order valence-electron chi connectivity index (χ3n) is 4.97. The summed E-state index contributed by atoms with van der Waals surface area (Å²) < 4.78 is 5.37. The third-order valence-corrected chi connectivity index (χ3v) is 4.97. The van der Waals surface area contributed by atoms with Gasteiger partial charge in [0.1, 0.15) is 0 Å². The molecule has 2 heterocycles. The van der Waals surface area contributed by atoms with Crippen molar-refractivity contribution in [3.63, 3.8) is 0 Å². The van der Waals surface area contributed by atoms with Crippen LogP contribution in [0.2, 0.25) is 0 Å². The predicted octanol–water partition coefficient (Wildman–Crippen LogP) is 2.51. The molecule has 0 radical (unpaired) electrons. The second kappa shape index (κ2) is 10.2. The van der Waals surface area contributed by atoms with Crippen molar-refractivity contribution in [1.29, 1.82) is 0 Å². The molecule has 3 rings (SSSR count). The van der Waals surface area contributed by atoms with Crippen LogP contribution in [0.15, 0.2) is 24.4 Å². The molecule has 1 aromatic heterocycles. The number of ether oxygens (including phenoxy) is 1. The number of hydrogen-bond donors (Lipinski definition) is 2. The van der Waals surface area contributed by atoms with E-state index < -0.39 is 0 Å². The molecule has 1 saturated heterocycles. The van der Waals surface area contributed by atoms with Crippen molar-refractivity contribution < 1.29 is 4.74 Å². The Hall–Kier alpha value is -2.45. The highest BCUT2D eigenvalue weighted by atomic mass is 16.5. The molecule has 0 aliphatic carbocycles. The van der Waals surface area contributed by atoms with Crippen molar-refractivity contribution >= 4 is 23.1 Å². The minimum Gasteiger partial charge on any atom is -0.379 e. The lowest BCUT2D eigenvalue weighted by Crippen LogP contribution is -2.39. The van der Waals surface area contributed by atoms with Gasteiger partial charge in [-0.2, -0.15) is 10.1 Å². The number of nitrogens with zero attached hydrogens (tertiary/aromatic N) is 5. The van der Waals surface area contributed by atoms with Crippen LogP contribution >= 0.6 is 0 Å². The summed E-state index contributed by atoms with van der Waals surface area (Å²) in [5.74, 6) is 1.22. The fourth-order valence-corrected chi connectivity index (χ4v) is 3.30. The molecule has 28 heavy (non-hydrogen) atoms. The van der Waals surface area contributed by atoms with Crippen LogP contribution in [0.1, 0.15) is 19.4 Å². The molecule has 0 unspecified atom stereocenters. The fraction of sp³-hybridized carbons (Fsp3) is 0.550. The van der Waals surface area contributed by atoms with Crippen LogP contribution in [0.25, 0.3) is 0 Å². The molecule has 1 aliphatic rings. The van der Waals surface area contributed by atoms with Gasteiger partial charge in [0.05, 0.1) is 19.4 Å². The number of hydrogen-bond acceptors (Lipinski definition) is 8. The second-order valence-electron chi connectivity index (χ2n) is 6.84. The third kappa shape index (κ3) is 5.53. The lowest BCUT2D eigenvalue weighted by molar-refractivity contribution is 0.0398. The first-order valence-electron chi connectivity index (χ1n) is 10.1. The quantitative estimate of drug-likeness (QED) is 0.682. The van der Waals surface area contributed by atoms with Gasteiger partial charge in [-0.25, -0.2) is 0 Å². The summed E-state index contributed by atoms with van der Waals surface area (Å²) in [6.07, 6.45) is 1.64. The number of rotatable bonds is 9. The minimum atomic E-state index is 0.538. The number of benzene rings is 1. The zero-order valence-corrected chi connectivity index (χ0v) is 17.1. The molecule has 1 aromatic carbocycles. The lowest BCUT2D eigenvalue weighted by atomic mass is 10.1. The first-order valence-corrected chi connectivity index (χ1v) is 10.1. The van der Waals surface area contributed by atoms with Gasteiger partial charge in [0.25, 0.3) is 0 Å². The molecule has 152 valence electrons. The van der Waals surface area contributed by atoms with Crippen LogP contribution in [-0.4, -0.2) is 72.6 Å². The number of aryl methyl sites for hydroxylation is 1. The SMILES string of the molecule is CCN(CC)c1ccc(Nc2cnnc(NCCN3CCOCC3)n2)c(C)c1. The van der Waals surface area contributed by atoms with Gasteiger partial charge < -0.3 is 20.3 Å². The summed E-state index contributed by atoms with van der Waals surface area (Å²) in [7, 11) is 0. The molecule has 0 spiro atoms. The van der Waals surface area contributed by atoms with Crippen LogP contribution in [0.3, 0.4) is 0 Å². The van der Waals surface area contributed by atoms with Crippen molar-refractivity contribution in [2.45, 2.75) is 20.8 Å². The molecule has 0 atom stereocenters. The Morgan fingerprint density at radius 1 is 1.18 bits per heavy atom. The van der Waals surface area contributed by atoms with E-state index in [1.54, 1.807) is 6.20 Å². The Morgan fingerprint density at radius 3 is 2.68 bits per heavy atom. The molecule has 1 fully saturated rings. The van der Waals surface area contributed by atoms with Gasteiger partial charge in [-0.05, 0) is 44.5 Å². The molecule has 2 aromatic rings. The van der Waals surface area contributed by atoms with Crippen molar-refractivity contribution in [1.82, 2.24) is 20.1 Å². The Morgan fingerprint density at radius 2 is 1.96 bits per heavy atom. The normalized spacial score (nSPS) is 14.7. The van der Waals surface area contributed by atoms with Gasteiger partial charge in [0, 0.05) is 50.6 Å². The molecule has 8 heteroatoms. The van der Waals surface area contributed by atoms with E-state index >= 15 is 0 Å². The van der Waals surface area contributed by atoms with E-state index in [1.807, 2.05) is 0 Å². The lowest BCUT2D eigenvalue weighted by Gasteiger charge is -2.26. The van der Waals surface area contributed by atoms with E-state index in [9.17, 15) is 0 Å². The summed E-state index contributed by atoms with van der Waals surface area (Å²) in [4.78, 5) is 9.23. The van der Waals surface area contributed by atoms with Crippen molar-refractivity contribution in [2.24, 2.45) is 0 Å². The van der Waals surface area contributed by atoms with Gasteiger partial charge in [0.2, 0.25) is 5.95 Å². The number of anilines is 4. The maximum atomic E-state index is 5.37. The number of nitrogens with one attached hydrogen (secondary N) is 2. The zero-order valence-electron chi connectivity index (χ0n) is 17.1. The summed E-state index contributed by atoms with van der Waals surface area (Å²) in [6, 6.07) is 6.43. The maximum absolute atomic E-state index is 5.37. The number of morpholine rings is 1. The highest BCUT2D eigenvalue weighted by Gasteiger charge is 2.10. The van der Waals surface area contributed by atoms with E-state index in [2.05, 4.69) is 74.6 Å². The van der Waals surface area contributed by atoms with E-state index in [0.717, 1.165) is 58.2 Å². The molecular weight excluding hydrogens is 354 g/mol.